The van der Waals surface area contributed by atoms with Gasteiger partial charge in [-0.25, -0.2) is 9.97 Å². The highest BCUT2D eigenvalue weighted by Gasteiger charge is 2.29. The zero-order valence-electron chi connectivity index (χ0n) is 19.4. The predicted molar refractivity (Wildman–Crippen MR) is 142 cm³/mol. The lowest BCUT2D eigenvalue weighted by Crippen LogP contribution is -2.13. The lowest BCUT2D eigenvalue weighted by molar-refractivity contribution is -0.117. The van der Waals surface area contributed by atoms with Gasteiger partial charge in [0.25, 0.3) is 0 Å². The number of imidazole rings is 1. The third-order valence-corrected chi connectivity index (χ3v) is 7.51. The Bertz CT molecular complexity index is 1780. The van der Waals surface area contributed by atoms with E-state index in [4.69, 9.17) is 4.98 Å². The molecule has 5 aromatic heterocycles. The monoisotopic (exact) mass is 491 g/mol. The molecule has 1 aliphatic rings. The molecule has 5 heterocycles. The largest absolute Gasteiger partial charge is 0.335 e. The van der Waals surface area contributed by atoms with E-state index in [0.29, 0.717) is 17.2 Å². The summed E-state index contributed by atoms with van der Waals surface area (Å²) in [4.78, 5) is 31.7. The second kappa shape index (κ2) is 8.10. The average molecular weight is 492 g/mol. The Morgan fingerprint density at radius 1 is 1.08 bits per heavy atom. The highest BCUT2D eigenvalue weighted by atomic mass is 32.1. The van der Waals surface area contributed by atoms with E-state index in [2.05, 4.69) is 55.6 Å². The number of rotatable bonds is 5. The zero-order valence-corrected chi connectivity index (χ0v) is 20.2. The van der Waals surface area contributed by atoms with Gasteiger partial charge in [-0.15, -0.1) is 11.3 Å². The molecule has 0 aliphatic heterocycles. The Kier molecular flexibility index (Phi) is 4.71. The number of thiophene rings is 1. The molecule has 0 unspecified atom stereocenters. The van der Waals surface area contributed by atoms with Crippen molar-refractivity contribution in [2.45, 2.75) is 19.8 Å². The van der Waals surface area contributed by atoms with E-state index in [0.717, 1.165) is 51.6 Å². The van der Waals surface area contributed by atoms with Gasteiger partial charge >= 0.3 is 0 Å². The minimum Gasteiger partial charge on any atom is -0.335 e. The fourth-order valence-electron chi connectivity index (χ4n) is 4.44. The molecular formula is C27H21N7OS. The van der Waals surface area contributed by atoms with Gasteiger partial charge < -0.3 is 10.3 Å². The molecule has 36 heavy (non-hydrogen) atoms. The summed E-state index contributed by atoms with van der Waals surface area (Å²) >= 11 is 1.74. The number of nitrogens with zero attached hydrogens (tertiary/aromatic N) is 4. The topological polar surface area (TPSA) is 112 Å². The van der Waals surface area contributed by atoms with Gasteiger partial charge in [-0.05, 0) is 61.7 Å². The summed E-state index contributed by atoms with van der Waals surface area (Å²) in [6.45, 7) is 2.10. The van der Waals surface area contributed by atoms with Gasteiger partial charge in [0.2, 0.25) is 5.91 Å². The molecule has 176 valence electrons. The van der Waals surface area contributed by atoms with E-state index in [1.807, 2.05) is 24.3 Å². The van der Waals surface area contributed by atoms with Gasteiger partial charge in [0.05, 0.1) is 22.9 Å². The molecule has 3 N–H and O–H groups in total. The minimum absolute atomic E-state index is 0.0668. The number of fused-ring (bicyclic) bond motifs is 2. The van der Waals surface area contributed by atoms with Crippen LogP contribution < -0.4 is 5.32 Å². The molecular weight excluding hydrogens is 470 g/mol. The van der Waals surface area contributed by atoms with Gasteiger partial charge in [0.15, 0.2) is 11.5 Å². The molecule has 0 atom stereocenters. The maximum absolute atomic E-state index is 12.2. The van der Waals surface area contributed by atoms with E-state index in [1.165, 1.54) is 9.75 Å². The molecule has 0 spiro atoms. The number of nitrogens with one attached hydrogen (secondary N) is 3. The summed E-state index contributed by atoms with van der Waals surface area (Å²) in [5, 5.41) is 11.6. The lowest BCUT2D eigenvalue weighted by Gasteiger charge is -2.07. The van der Waals surface area contributed by atoms with Gasteiger partial charge in [0, 0.05) is 44.6 Å². The molecule has 1 aliphatic carbocycles. The van der Waals surface area contributed by atoms with Crippen LogP contribution in [0.5, 0.6) is 0 Å². The van der Waals surface area contributed by atoms with Gasteiger partial charge in [-0.2, -0.15) is 5.10 Å². The summed E-state index contributed by atoms with van der Waals surface area (Å²) in [6.07, 6.45) is 7.20. The first kappa shape index (κ1) is 21.0. The standard InChI is InChI=1S/C27H21N7OS/c1-14-2-7-22(36-14)19-8-9-29-25-23(19)31-26(32-25)24-20-11-16(5-6-21(20)33-34-24)17-10-18(13-28-12-17)30-27(35)15-3-4-15/h2,5-13,15H,3-4H2,1H3,(H,30,35)(H,33,34)(H,29,31,32). The number of carbonyl (C=O) groups excluding carboxylic acids is 1. The van der Waals surface area contributed by atoms with Crippen molar-refractivity contribution in [2.75, 3.05) is 5.32 Å². The number of carbonyl (C=O) groups is 1. The summed E-state index contributed by atoms with van der Waals surface area (Å²) < 4.78 is 0. The number of amides is 1. The number of benzene rings is 1. The Balaban J connectivity index is 1.28. The molecule has 6 aromatic rings. The van der Waals surface area contributed by atoms with Gasteiger partial charge in [-0.3, -0.25) is 14.9 Å². The number of aryl methyl sites for hydroxylation is 1. The van der Waals surface area contributed by atoms with Crippen molar-refractivity contribution in [3.8, 4) is 33.1 Å². The van der Waals surface area contributed by atoms with Crippen LogP contribution in [0.15, 0.2) is 61.1 Å². The first-order valence-electron chi connectivity index (χ1n) is 11.8. The lowest BCUT2D eigenvalue weighted by atomic mass is 10.0. The van der Waals surface area contributed by atoms with Gasteiger partial charge in [0.1, 0.15) is 5.69 Å². The van der Waals surface area contributed by atoms with Crippen LogP contribution in [0.2, 0.25) is 0 Å². The van der Waals surface area contributed by atoms with E-state index >= 15 is 0 Å². The summed E-state index contributed by atoms with van der Waals surface area (Å²) in [5.74, 6) is 0.864. The Labute approximate surface area is 209 Å². The van der Waals surface area contributed by atoms with Crippen LogP contribution in [0.3, 0.4) is 0 Å². The number of aromatic amines is 2. The number of H-pyrrole nitrogens is 2. The van der Waals surface area contributed by atoms with E-state index < -0.39 is 0 Å². The Hall–Kier alpha value is -4.37. The van der Waals surface area contributed by atoms with Crippen molar-refractivity contribution in [3.05, 3.63) is 65.9 Å². The summed E-state index contributed by atoms with van der Waals surface area (Å²) in [5.41, 5.74) is 6.86. The Morgan fingerprint density at radius 2 is 2.00 bits per heavy atom. The third-order valence-electron chi connectivity index (χ3n) is 6.47. The Morgan fingerprint density at radius 3 is 2.83 bits per heavy atom. The molecule has 0 radical (unpaired) electrons. The quantitative estimate of drug-likeness (QED) is 0.276. The highest BCUT2D eigenvalue weighted by molar-refractivity contribution is 7.15. The smallest absolute Gasteiger partial charge is 0.227 e. The second-order valence-corrected chi connectivity index (χ2v) is 10.4. The van der Waals surface area contributed by atoms with Crippen molar-refractivity contribution >= 4 is 45.0 Å². The van der Waals surface area contributed by atoms with Crippen LogP contribution in [-0.4, -0.2) is 36.0 Å². The molecule has 0 bridgehead atoms. The average Bonchev–Trinajstić information content (AvgIpc) is 3.30. The first-order valence-corrected chi connectivity index (χ1v) is 12.6. The molecule has 1 fully saturated rings. The maximum Gasteiger partial charge on any atom is 0.227 e. The van der Waals surface area contributed by atoms with E-state index in [1.54, 1.807) is 29.9 Å². The fourth-order valence-corrected chi connectivity index (χ4v) is 5.34. The summed E-state index contributed by atoms with van der Waals surface area (Å²) in [7, 11) is 0. The molecule has 0 saturated heterocycles. The zero-order chi connectivity index (χ0) is 24.2. The van der Waals surface area contributed by atoms with Crippen molar-refractivity contribution in [1.82, 2.24) is 30.1 Å². The molecule has 9 heteroatoms. The SMILES string of the molecule is Cc1ccc(-c2ccnc3nc(-c4n[nH]c5ccc(-c6cncc(NC(=O)C7CC7)c6)cc45)[nH]c23)s1. The van der Waals surface area contributed by atoms with Crippen molar-refractivity contribution < 1.29 is 4.79 Å². The number of hydrogen-bond donors (Lipinski definition) is 3. The fraction of sp³-hybridized carbons (Fsp3) is 0.148. The molecule has 1 amide bonds. The van der Waals surface area contributed by atoms with E-state index in [-0.39, 0.29) is 11.8 Å². The summed E-state index contributed by atoms with van der Waals surface area (Å²) in [6, 6.07) is 14.3. The van der Waals surface area contributed by atoms with Crippen LogP contribution in [0.25, 0.3) is 55.2 Å². The van der Waals surface area contributed by atoms with Crippen LogP contribution in [0, 0.1) is 12.8 Å². The van der Waals surface area contributed by atoms with Crippen molar-refractivity contribution in [1.29, 1.82) is 0 Å². The maximum atomic E-state index is 12.2. The van der Waals surface area contributed by atoms with Gasteiger partial charge in [-0.1, -0.05) is 6.07 Å². The van der Waals surface area contributed by atoms with E-state index in [9.17, 15) is 4.79 Å². The van der Waals surface area contributed by atoms with Crippen LogP contribution >= 0.6 is 11.3 Å². The highest BCUT2D eigenvalue weighted by Crippen LogP contribution is 2.35. The minimum atomic E-state index is 0.0668. The molecule has 8 nitrogen and oxygen atoms in total. The number of pyridine rings is 2. The first-order chi connectivity index (χ1) is 17.6. The van der Waals surface area contributed by atoms with Crippen molar-refractivity contribution in [3.63, 3.8) is 0 Å². The third kappa shape index (κ3) is 3.64. The van der Waals surface area contributed by atoms with Crippen LogP contribution in [0.4, 0.5) is 5.69 Å². The number of aromatic nitrogens is 6. The molecule has 7 rings (SSSR count). The normalized spacial score (nSPS) is 13.5. The van der Waals surface area contributed by atoms with Crippen molar-refractivity contribution in [2.24, 2.45) is 5.92 Å². The van der Waals surface area contributed by atoms with Crippen LogP contribution in [-0.2, 0) is 4.79 Å². The van der Waals surface area contributed by atoms with Crippen LogP contribution in [0.1, 0.15) is 17.7 Å². The second-order valence-electron chi connectivity index (χ2n) is 9.11. The molecule has 1 saturated carbocycles. The predicted octanol–water partition coefficient (Wildman–Crippen LogP) is 5.95. The number of anilines is 1. The molecule has 1 aromatic carbocycles. The number of hydrogen-bond acceptors (Lipinski definition) is 6.